The van der Waals surface area contributed by atoms with Crippen LogP contribution >= 0.6 is 0 Å². The molecule has 0 radical (unpaired) electrons. The van der Waals surface area contributed by atoms with Crippen LogP contribution in [0.2, 0.25) is 0 Å². The topological polar surface area (TPSA) is 180 Å². The molecule has 5 amide bonds. The first-order valence-corrected chi connectivity index (χ1v) is 19.0. The van der Waals surface area contributed by atoms with Crippen LogP contribution in [0, 0.1) is 46.8 Å². The molecule has 1 aromatic heterocycles. The Morgan fingerprint density at radius 3 is 2.29 bits per heavy atom. The number of carbonyl (C=O) groups is 6. The summed E-state index contributed by atoms with van der Waals surface area (Å²) in [5.41, 5.74) is -0.636. The Morgan fingerprint density at radius 1 is 0.941 bits per heavy atom. The van der Waals surface area contributed by atoms with Crippen molar-refractivity contribution in [2.75, 3.05) is 6.54 Å². The molecule has 13 nitrogen and oxygen atoms in total. The molecular formula is C38H55N7O6. The Balaban J connectivity index is 1.21. The number of aromatic nitrogens is 2. The third kappa shape index (κ3) is 7.67. The number of carbonyl (C=O) groups excluding carboxylic acids is 6. The number of likely N-dealkylation sites (tertiary alicyclic amines) is 1. The SMILES string of the molecule is CC(C)[C@H](C)NC(=O)C(=O)[C@@H]1C[C@H]2C3[C@H]4C(C[C@H]32)CN(C(=O)[C@@H](NC(=O)C(CC2CCCCC2)NC(=O)c2cnccn2)C(C)(C)C)[C@@H]4C(=O)N1. The lowest BCUT2D eigenvalue weighted by molar-refractivity contribution is -0.146. The third-order valence-electron chi connectivity index (χ3n) is 12.5. The van der Waals surface area contributed by atoms with Gasteiger partial charge in [-0.3, -0.25) is 33.8 Å². The molecule has 0 spiro atoms. The van der Waals surface area contributed by atoms with Gasteiger partial charge in [0.25, 0.3) is 11.8 Å². The van der Waals surface area contributed by atoms with E-state index in [0.29, 0.717) is 25.3 Å². The van der Waals surface area contributed by atoms with Crippen molar-refractivity contribution in [3.63, 3.8) is 0 Å². The summed E-state index contributed by atoms with van der Waals surface area (Å²) in [5.74, 6) is -1.79. The second-order valence-electron chi connectivity index (χ2n) is 17.2. The van der Waals surface area contributed by atoms with Crippen LogP contribution in [-0.4, -0.2) is 86.9 Å². The fourth-order valence-corrected chi connectivity index (χ4v) is 9.37. The van der Waals surface area contributed by atoms with Crippen molar-refractivity contribution in [3.8, 4) is 0 Å². The van der Waals surface area contributed by atoms with E-state index in [1.807, 2.05) is 41.5 Å². The number of hydrogen-bond acceptors (Lipinski definition) is 8. The molecule has 6 rings (SSSR count). The van der Waals surface area contributed by atoms with Crippen molar-refractivity contribution in [2.45, 2.75) is 123 Å². The van der Waals surface area contributed by atoms with Crippen LogP contribution in [0.25, 0.3) is 0 Å². The van der Waals surface area contributed by atoms with Crippen LogP contribution in [0.3, 0.4) is 0 Å². The van der Waals surface area contributed by atoms with Gasteiger partial charge in [0.2, 0.25) is 23.5 Å². The summed E-state index contributed by atoms with van der Waals surface area (Å²) in [5, 5.41) is 11.6. The van der Waals surface area contributed by atoms with Crippen LogP contribution < -0.4 is 21.3 Å². The second kappa shape index (κ2) is 14.6. The normalized spacial score (nSPS) is 30.2. The van der Waals surface area contributed by atoms with Crippen molar-refractivity contribution < 1.29 is 28.8 Å². The Labute approximate surface area is 300 Å². The summed E-state index contributed by atoms with van der Waals surface area (Å²) < 4.78 is 0. The molecule has 5 fully saturated rings. The second-order valence-corrected chi connectivity index (χ2v) is 17.2. The average molecular weight is 706 g/mol. The quantitative estimate of drug-likeness (QED) is 0.254. The largest absolute Gasteiger partial charge is 0.347 e. The predicted molar refractivity (Wildman–Crippen MR) is 187 cm³/mol. The van der Waals surface area contributed by atoms with Crippen LogP contribution in [0.15, 0.2) is 18.6 Å². The standard InChI is InChI=1S/C38H55N7O6/c1-19(2)20(3)41-36(50)31(46)25-16-24-23-15-22-18-45(30(35(49)42-25)28(22)29(23)24)37(51)32(38(4,5)6)44-33(47)26(14-21-10-8-7-9-11-21)43-34(48)27-17-39-12-13-40-27/h12-13,17,19-26,28-30,32H,7-11,14-16,18H2,1-6H3,(H,41,50)(H,42,49)(H,43,48)(H,44,47)/t20-,22?,23-,24+,25-,26?,28+,29?,30-,32+/m0/s1. The van der Waals surface area contributed by atoms with Crippen molar-refractivity contribution >= 4 is 35.3 Å². The van der Waals surface area contributed by atoms with Crippen LogP contribution in [-0.2, 0) is 24.0 Å². The average Bonchev–Trinajstić information content (AvgIpc) is 3.39. The highest BCUT2D eigenvalue weighted by atomic mass is 16.2. The number of nitrogens with one attached hydrogen (secondary N) is 4. The lowest BCUT2D eigenvalue weighted by Crippen LogP contribution is -2.62. The molecule has 2 aliphatic heterocycles. The molecule has 1 aromatic rings. The van der Waals surface area contributed by atoms with Gasteiger partial charge in [-0.1, -0.05) is 66.7 Å². The fraction of sp³-hybridized carbons (Fsp3) is 0.737. The Bertz CT molecular complexity index is 1520. The third-order valence-corrected chi connectivity index (χ3v) is 12.5. The van der Waals surface area contributed by atoms with E-state index in [4.69, 9.17) is 0 Å². The minimum Gasteiger partial charge on any atom is -0.347 e. The lowest BCUT2D eigenvalue weighted by Gasteiger charge is -2.38. The molecule has 0 bridgehead atoms. The van der Waals surface area contributed by atoms with E-state index in [0.717, 1.165) is 38.5 Å². The summed E-state index contributed by atoms with van der Waals surface area (Å²) in [6, 6.07) is -3.85. The number of hydrogen-bond donors (Lipinski definition) is 4. The maximum Gasteiger partial charge on any atom is 0.289 e. The molecule has 0 aromatic carbocycles. The van der Waals surface area contributed by atoms with E-state index in [-0.39, 0.29) is 53.2 Å². The highest BCUT2D eigenvalue weighted by Crippen LogP contribution is 2.68. The molecule has 3 unspecified atom stereocenters. The van der Waals surface area contributed by atoms with Gasteiger partial charge >= 0.3 is 0 Å². The van der Waals surface area contributed by atoms with Crippen molar-refractivity contribution in [1.82, 2.24) is 36.1 Å². The van der Waals surface area contributed by atoms with E-state index in [1.165, 1.54) is 18.6 Å². The molecule has 278 valence electrons. The number of rotatable bonds is 11. The van der Waals surface area contributed by atoms with Gasteiger partial charge in [-0.25, -0.2) is 4.98 Å². The van der Waals surface area contributed by atoms with Crippen molar-refractivity contribution in [3.05, 3.63) is 24.3 Å². The predicted octanol–water partition coefficient (Wildman–Crippen LogP) is 2.40. The molecule has 5 aliphatic rings. The van der Waals surface area contributed by atoms with Crippen LogP contribution in [0.5, 0.6) is 0 Å². The maximum absolute atomic E-state index is 14.7. The molecule has 2 saturated heterocycles. The first-order chi connectivity index (χ1) is 24.1. The zero-order valence-electron chi connectivity index (χ0n) is 30.8. The monoisotopic (exact) mass is 705 g/mol. The smallest absolute Gasteiger partial charge is 0.289 e. The highest BCUT2D eigenvalue weighted by Gasteiger charge is 2.69. The number of amides is 5. The summed E-state index contributed by atoms with van der Waals surface area (Å²) in [6.45, 7) is 11.8. The first kappa shape index (κ1) is 36.9. The number of Topliss-reactive ketones (excluding diaryl/α,β-unsaturated/α-hetero) is 1. The van der Waals surface area contributed by atoms with E-state index in [1.54, 1.807) is 4.90 Å². The zero-order chi connectivity index (χ0) is 36.8. The van der Waals surface area contributed by atoms with E-state index in [2.05, 4.69) is 31.2 Å². The molecule has 3 saturated carbocycles. The lowest BCUT2D eigenvalue weighted by atomic mass is 9.82. The fourth-order valence-electron chi connectivity index (χ4n) is 9.37. The van der Waals surface area contributed by atoms with Crippen LogP contribution in [0.4, 0.5) is 0 Å². The van der Waals surface area contributed by atoms with Gasteiger partial charge in [0, 0.05) is 25.0 Å². The van der Waals surface area contributed by atoms with Gasteiger partial charge in [-0.15, -0.1) is 0 Å². The Hall–Kier alpha value is -3.90. The first-order valence-electron chi connectivity index (χ1n) is 19.0. The van der Waals surface area contributed by atoms with E-state index >= 15 is 0 Å². The van der Waals surface area contributed by atoms with E-state index in [9.17, 15) is 28.8 Å². The van der Waals surface area contributed by atoms with Crippen molar-refractivity contribution in [1.29, 1.82) is 0 Å². The molecule has 51 heavy (non-hydrogen) atoms. The van der Waals surface area contributed by atoms with Gasteiger partial charge < -0.3 is 26.2 Å². The molecule has 13 heteroatoms. The maximum atomic E-state index is 14.7. The number of ketones is 1. The molecule has 4 N–H and O–H groups in total. The van der Waals surface area contributed by atoms with Gasteiger partial charge in [0.05, 0.1) is 12.2 Å². The zero-order valence-corrected chi connectivity index (χ0v) is 30.8. The van der Waals surface area contributed by atoms with E-state index < -0.39 is 59.0 Å². The number of nitrogens with zero attached hydrogens (tertiary/aromatic N) is 3. The minimum atomic E-state index is -0.990. The molecule has 10 atom stereocenters. The minimum absolute atomic E-state index is 0.0311. The Kier molecular flexibility index (Phi) is 10.6. The Morgan fingerprint density at radius 2 is 1.65 bits per heavy atom. The summed E-state index contributed by atoms with van der Waals surface area (Å²) >= 11 is 0. The van der Waals surface area contributed by atoms with Crippen LogP contribution in [0.1, 0.15) is 103 Å². The molecule has 3 aliphatic carbocycles. The highest BCUT2D eigenvalue weighted by molar-refractivity contribution is 6.38. The summed E-state index contributed by atoms with van der Waals surface area (Å²) in [6.07, 6.45) is 11.2. The van der Waals surface area contributed by atoms with Gasteiger partial charge in [0.1, 0.15) is 23.8 Å². The summed E-state index contributed by atoms with van der Waals surface area (Å²) in [7, 11) is 0. The van der Waals surface area contributed by atoms with Crippen molar-refractivity contribution in [2.24, 2.45) is 46.8 Å². The number of fused-ring (bicyclic) bond motifs is 1. The van der Waals surface area contributed by atoms with Gasteiger partial charge in [-0.2, -0.15) is 0 Å². The molecule has 3 heterocycles. The van der Waals surface area contributed by atoms with Gasteiger partial charge in [-0.05, 0) is 73.0 Å². The molecular weight excluding hydrogens is 650 g/mol. The summed E-state index contributed by atoms with van der Waals surface area (Å²) in [4.78, 5) is 92.2. The van der Waals surface area contributed by atoms with Gasteiger partial charge in [0.15, 0.2) is 0 Å².